The van der Waals surface area contributed by atoms with E-state index in [2.05, 4.69) is 27.7 Å². The van der Waals surface area contributed by atoms with E-state index in [-0.39, 0.29) is 30.7 Å². The minimum absolute atomic E-state index is 0.0422. The number of anilines is 2. The van der Waals surface area contributed by atoms with Crippen LogP contribution in [0.4, 0.5) is 11.4 Å². The van der Waals surface area contributed by atoms with Gasteiger partial charge in [0.2, 0.25) is 5.91 Å². The quantitative estimate of drug-likeness (QED) is 0.675. The van der Waals surface area contributed by atoms with Crippen LogP contribution in [0.15, 0.2) is 54.6 Å². The predicted octanol–water partition coefficient (Wildman–Crippen LogP) is 2.27. The van der Waals surface area contributed by atoms with Gasteiger partial charge in [0.1, 0.15) is 6.10 Å². The predicted molar refractivity (Wildman–Crippen MR) is 126 cm³/mol. The number of hydrogen-bond acceptors (Lipinski definition) is 5. The third-order valence-corrected chi connectivity index (χ3v) is 5.99. The van der Waals surface area contributed by atoms with Crippen molar-refractivity contribution in [2.24, 2.45) is 0 Å². The summed E-state index contributed by atoms with van der Waals surface area (Å²) in [4.78, 5) is 41.4. The van der Waals surface area contributed by atoms with Crippen LogP contribution in [0.25, 0.3) is 0 Å². The molecule has 3 amide bonds. The Balaban J connectivity index is 1.20. The highest BCUT2D eigenvalue weighted by atomic mass is 16.5. The third kappa shape index (κ3) is 6.10. The van der Waals surface area contributed by atoms with E-state index in [1.807, 2.05) is 23.1 Å². The molecular formula is C25H30N4O4. The van der Waals surface area contributed by atoms with Gasteiger partial charge >= 0.3 is 0 Å². The van der Waals surface area contributed by atoms with Gasteiger partial charge in [-0.15, -0.1) is 0 Å². The molecule has 0 saturated carbocycles. The van der Waals surface area contributed by atoms with Crippen LogP contribution in [-0.2, 0) is 14.3 Å². The normalized spacial score (nSPS) is 18.1. The molecule has 8 heteroatoms. The maximum absolute atomic E-state index is 12.6. The van der Waals surface area contributed by atoms with E-state index in [9.17, 15) is 14.4 Å². The number of benzene rings is 2. The van der Waals surface area contributed by atoms with Crippen LogP contribution in [0.5, 0.6) is 0 Å². The lowest BCUT2D eigenvalue weighted by atomic mass is 10.1. The number of carbonyl (C=O) groups is 3. The second-order valence-electron chi connectivity index (χ2n) is 8.28. The molecule has 0 bridgehead atoms. The standard InChI is InChI=1S/C25H30N4O4/c30-23(29-15-13-28(14-16-29)21-8-2-1-3-9-21)11-12-26-24(31)19-6-4-7-20(18-19)27-25(32)22-10-5-17-33-22/h1-4,6-9,18,22H,5,10-17H2,(H,26,31)(H,27,32). The number of hydrogen-bond donors (Lipinski definition) is 2. The Morgan fingerprint density at radius 2 is 1.76 bits per heavy atom. The zero-order valence-electron chi connectivity index (χ0n) is 18.7. The van der Waals surface area contributed by atoms with Crippen LogP contribution in [-0.4, -0.2) is 68.1 Å². The van der Waals surface area contributed by atoms with Crippen LogP contribution in [0.1, 0.15) is 29.6 Å². The molecule has 0 aromatic heterocycles. The third-order valence-electron chi connectivity index (χ3n) is 5.99. The number of para-hydroxylation sites is 1. The maximum atomic E-state index is 12.6. The van der Waals surface area contributed by atoms with Gasteiger partial charge in [0.15, 0.2) is 0 Å². The van der Waals surface area contributed by atoms with Crippen molar-refractivity contribution in [1.29, 1.82) is 0 Å². The summed E-state index contributed by atoms with van der Waals surface area (Å²) in [7, 11) is 0. The summed E-state index contributed by atoms with van der Waals surface area (Å²) in [6.07, 6.45) is 1.42. The molecule has 0 spiro atoms. The van der Waals surface area contributed by atoms with Gasteiger partial charge in [0.05, 0.1) is 0 Å². The van der Waals surface area contributed by atoms with E-state index >= 15 is 0 Å². The molecule has 33 heavy (non-hydrogen) atoms. The average molecular weight is 451 g/mol. The molecule has 2 aromatic rings. The number of carbonyl (C=O) groups excluding carboxylic acids is 3. The fourth-order valence-corrected chi connectivity index (χ4v) is 4.14. The molecule has 174 valence electrons. The summed E-state index contributed by atoms with van der Waals surface area (Å²) in [6.45, 7) is 3.81. The number of ether oxygens (including phenoxy) is 1. The zero-order valence-corrected chi connectivity index (χ0v) is 18.7. The summed E-state index contributed by atoms with van der Waals surface area (Å²) in [6, 6.07) is 17.0. The fourth-order valence-electron chi connectivity index (χ4n) is 4.14. The highest BCUT2D eigenvalue weighted by Gasteiger charge is 2.24. The first-order valence-corrected chi connectivity index (χ1v) is 11.5. The second-order valence-corrected chi connectivity index (χ2v) is 8.28. The molecule has 0 aliphatic carbocycles. The highest BCUT2D eigenvalue weighted by Crippen LogP contribution is 2.17. The topological polar surface area (TPSA) is 91.0 Å². The molecule has 2 N–H and O–H groups in total. The van der Waals surface area contributed by atoms with E-state index in [1.165, 1.54) is 5.69 Å². The Morgan fingerprint density at radius 3 is 2.48 bits per heavy atom. The van der Waals surface area contributed by atoms with Crippen LogP contribution < -0.4 is 15.5 Å². The van der Waals surface area contributed by atoms with E-state index in [1.54, 1.807) is 24.3 Å². The Hall–Kier alpha value is -3.39. The van der Waals surface area contributed by atoms with Crippen LogP contribution in [0, 0.1) is 0 Å². The van der Waals surface area contributed by atoms with Crippen molar-refractivity contribution in [2.75, 3.05) is 49.5 Å². The highest BCUT2D eigenvalue weighted by molar-refractivity contribution is 5.98. The largest absolute Gasteiger partial charge is 0.368 e. The van der Waals surface area contributed by atoms with Gasteiger partial charge in [0, 0.05) is 62.7 Å². The van der Waals surface area contributed by atoms with Gasteiger partial charge in [-0.05, 0) is 43.2 Å². The first kappa shape index (κ1) is 22.8. The van der Waals surface area contributed by atoms with Crippen molar-refractivity contribution < 1.29 is 19.1 Å². The molecule has 8 nitrogen and oxygen atoms in total. The van der Waals surface area contributed by atoms with Crippen molar-refractivity contribution in [2.45, 2.75) is 25.4 Å². The van der Waals surface area contributed by atoms with Gasteiger partial charge in [0.25, 0.3) is 11.8 Å². The van der Waals surface area contributed by atoms with Crippen molar-refractivity contribution in [3.8, 4) is 0 Å². The van der Waals surface area contributed by atoms with Crippen LogP contribution >= 0.6 is 0 Å². The van der Waals surface area contributed by atoms with Gasteiger partial charge in [-0.25, -0.2) is 0 Å². The number of piperazine rings is 1. The van der Waals surface area contributed by atoms with Crippen LogP contribution in [0.3, 0.4) is 0 Å². The van der Waals surface area contributed by atoms with E-state index in [4.69, 9.17) is 4.74 Å². The minimum Gasteiger partial charge on any atom is -0.368 e. The summed E-state index contributed by atoms with van der Waals surface area (Å²) < 4.78 is 5.39. The van der Waals surface area contributed by atoms with Gasteiger partial charge < -0.3 is 25.2 Å². The SMILES string of the molecule is O=C(NCCC(=O)N1CCN(c2ccccc2)CC1)c1cccc(NC(=O)C2CCCO2)c1. The van der Waals surface area contributed by atoms with Gasteiger partial charge in [-0.3, -0.25) is 14.4 Å². The molecule has 2 heterocycles. The van der Waals surface area contributed by atoms with Crippen molar-refractivity contribution in [1.82, 2.24) is 10.2 Å². The summed E-state index contributed by atoms with van der Waals surface area (Å²) in [5.41, 5.74) is 2.16. The molecule has 4 rings (SSSR count). The van der Waals surface area contributed by atoms with Crippen molar-refractivity contribution >= 4 is 29.1 Å². The molecule has 2 fully saturated rings. The summed E-state index contributed by atoms with van der Waals surface area (Å²) in [5, 5.41) is 5.61. The number of nitrogens with zero attached hydrogens (tertiary/aromatic N) is 2. The molecule has 2 aliphatic rings. The minimum atomic E-state index is -0.428. The molecule has 2 aliphatic heterocycles. The molecule has 0 radical (unpaired) electrons. The Bertz CT molecular complexity index is 967. The lowest BCUT2D eigenvalue weighted by Gasteiger charge is -2.36. The maximum Gasteiger partial charge on any atom is 0.253 e. The van der Waals surface area contributed by atoms with Crippen molar-refractivity contribution in [3.05, 3.63) is 60.2 Å². The molecular weight excluding hydrogens is 420 g/mol. The zero-order chi connectivity index (χ0) is 23.0. The van der Waals surface area contributed by atoms with Crippen LogP contribution in [0.2, 0.25) is 0 Å². The Labute approximate surface area is 193 Å². The molecule has 2 saturated heterocycles. The number of nitrogens with one attached hydrogen (secondary N) is 2. The van der Waals surface area contributed by atoms with Gasteiger partial charge in [-0.1, -0.05) is 24.3 Å². The molecule has 1 atom stereocenters. The molecule has 2 aromatic carbocycles. The Kier molecular flexibility index (Phi) is 7.57. The number of amides is 3. The Morgan fingerprint density at radius 1 is 0.970 bits per heavy atom. The summed E-state index contributed by atoms with van der Waals surface area (Å²) >= 11 is 0. The lowest BCUT2D eigenvalue weighted by Crippen LogP contribution is -2.49. The fraction of sp³-hybridized carbons (Fsp3) is 0.400. The molecule has 1 unspecified atom stereocenters. The summed E-state index contributed by atoms with van der Waals surface area (Å²) in [5.74, 6) is -0.423. The second kappa shape index (κ2) is 11.0. The smallest absolute Gasteiger partial charge is 0.253 e. The van der Waals surface area contributed by atoms with E-state index < -0.39 is 6.10 Å². The monoisotopic (exact) mass is 450 g/mol. The van der Waals surface area contributed by atoms with E-state index in [0.29, 0.717) is 37.4 Å². The van der Waals surface area contributed by atoms with Crippen molar-refractivity contribution in [3.63, 3.8) is 0 Å². The van der Waals surface area contributed by atoms with Gasteiger partial charge in [-0.2, -0.15) is 0 Å². The van der Waals surface area contributed by atoms with E-state index in [0.717, 1.165) is 19.5 Å². The first-order valence-electron chi connectivity index (χ1n) is 11.5. The first-order chi connectivity index (χ1) is 16.1. The average Bonchev–Trinajstić information content (AvgIpc) is 3.40. The number of rotatable bonds is 7. The lowest BCUT2D eigenvalue weighted by molar-refractivity contribution is -0.131.